The summed E-state index contributed by atoms with van der Waals surface area (Å²) in [5.41, 5.74) is 10.5. The lowest BCUT2D eigenvalue weighted by atomic mass is 9.84. The maximum Gasteiger partial charge on any atom is 0.425 e. The molecule has 3 rings (SSSR count). The SMILES string of the molecule is C[C@@]1(c2cc(/C(N)=C/N(N)c3ccc(C#N)cn3)ccc2F)C[C@@H](C(F)(F)F)OC(N)=N1. The van der Waals surface area contributed by atoms with Crippen LogP contribution in [0, 0.1) is 17.1 Å². The van der Waals surface area contributed by atoms with E-state index in [0.29, 0.717) is 5.56 Å². The van der Waals surface area contributed by atoms with Crippen molar-refractivity contribution in [1.29, 1.82) is 5.26 Å². The van der Waals surface area contributed by atoms with Crippen molar-refractivity contribution in [2.24, 2.45) is 22.3 Å². The Bertz CT molecular complexity index is 1110. The zero-order chi connectivity index (χ0) is 23.7. The molecule has 2 aromatic rings. The third kappa shape index (κ3) is 4.73. The van der Waals surface area contributed by atoms with E-state index in [-0.39, 0.29) is 22.6 Å². The van der Waals surface area contributed by atoms with E-state index in [0.717, 1.165) is 11.1 Å². The van der Waals surface area contributed by atoms with Crippen molar-refractivity contribution in [2.75, 3.05) is 5.01 Å². The number of aliphatic imine (C=N–C) groups is 1. The van der Waals surface area contributed by atoms with Gasteiger partial charge in [0.05, 0.1) is 16.8 Å². The van der Waals surface area contributed by atoms with Crippen LogP contribution in [-0.4, -0.2) is 23.3 Å². The highest BCUT2D eigenvalue weighted by Crippen LogP contribution is 2.41. The number of pyridine rings is 1. The molecule has 0 saturated carbocycles. The van der Waals surface area contributed by atoms with Gasteiger partial charge in [-0.15, -0.1) is 0 Å². The standard InChI is InChI=1S/C20H19F4N7O/c1-19(7-16(20(22,23)24)32-18(27)30-19)13-6-12(3-4-14(13)21)15(26)10-31(28)17-5-2-11(8-25)9-29-17/h2-6,9-10,16H,7,26,28H2,1H3,(H2,27,30)/b15-10-/t16-,19-/m0/s1. The van der Waals surface area contributed by atoms with Crippen LogP contribution < -0.4 is 22.3 Å². The van der Waals surface area contributed by atoms with E-state index >= 15 is 0 Å². The van der Waals surface area contributed by atoms with Crippen LogP contribution in [0.4, 0.5) is 23.4 Å². The summed E-state index contributed by atoms with van der Waals surface area (Å²) in [7, 11) is 0. The van der Waals surface area contributed by atoms with E-state index in [1.54, 1.807) is 0 Å². The molecule has 0 fully saturated rings. The highest BCUT2D eigenvalue weighted by atomic mass is 19.4. The molecule has 2 heterocycles. The lowest BCUT2D eigenvalue weighted by Gasteiger charge is -2.36. The molecule has 2 atom stereocenters. The molecular formula is C20H19F4N7O. The number of hydrogen-bond acceptors (Lipinski definition) is 8. The van der Waals surface area contributed by atoms with Crippen LogP contribution in [0.25, 0.3) is 5.70 Å². The first kappa shape index (κ1) is 22.8. The molecule has 1 aliphatic heterocycles. The number of benzene rings is 1. The number of hydrazine groups is 1. The summed E-state index contributed by atoms with van der Waals surface area (Å²) in [6.45, 7) is 1.33. The Morgan fingerprint density at radius 2 is 2.06 bits per heavy atom. The van der Waals surface area contributed by atoms with Crippen molar-refractivity contribution in [1.82, 2.24) is 4.98 Å². The van der Waals surface area contributed by atoms with Crippen molar-refractivity contribution in [3.05, 3.63) is 65.2 Å². The number of anilines is 1. The molecule has 8 nitrogen and oxygen atoms in total. The molecule has 0 aliphatic carbocycles. The minimum absolute atomic E-state index is 0.0832. The fourth-order valence-electron chi connectivity index (χ4n) is 3.23. The van der Waals surface area contributed by atoms with Gasteiger partial charge in [0, 0.05) is 24.4 Å². The van der Waals surface area contributed by atoms with Crippen LogP contribution in [0.5, 0.6) is 0 Å². The van der Waals surface area contributed by atoms with E-state index in [2.05, 4.69) is 14.7 Å². The van der Waals surface area contributed by atoms with Crippen LogP contribution >= 0.6 is 0 Å². The Morgan fingerprint density at radius 1 is 1.34 bits per heavy atom. The molecule has 0 spiro atoms. The highest BCUT2D eigenvalue weighted by Gasteiger charge is 2.50. The Hall–Kier alpha value is -3.85. The normalized spacial score (nSPS) is 21.3. The van der Waals surface area contributed by atoms with E-state index in [9.17, 15) is 17.6 Å². The van der Waals surface area contributed by atoms with E-state index in [1.807, 2.05) is 6.07 Å². The minimum atomic E-state index is -4.71. The average Bonchev–Trinajstić information content (AvgIpc) is 2.72. The average molecular weight is 449 g/mol. The van der Waals surface area contributed by atoms with Crippen molar-refractivity contribution >= 4 is 17.5 Å². The van der Waals surface area contributed by atoms with Gasteiger partial charge >= 0.3 is 6.18 Å². The molecular weight excluding hydrogens is 430 g/mol. The largest absolute Gasteiger partial charge is 0.452 e. The number of alkyl halides is 3. The monoisotopic (exact) mass is 449 g/mol. The van der Waals surface area contributed by atoms with Gasteiger partial charge in [0.25, 0.3) is 6.02 Å². The van der Waals surface area contributed by atoms with Gasteiger partial charge in [-0.3, -0.25) is 5.01 Å². The summed E-state index contributed by atoms with van der Waals surface area (Å²) < 4.78 is 58.9. The number of halogens is 4. The van der Waals surface area contributed by atoms with E-state index in [4.69, 9.17) is 22.6 Å². The topological polar surface area (TPSA) is 140 Å². The van der Waals surface area contributed by atoms with Crippen LogP contribution in [0.1, 0.15) is 30.0 Å². The third-order valence-electron chi connectivity index (χ3n) is 4.87. The molecule has 0 saturated heterocycles. The predicted octanol–water partition coefficient (Wildman–Crippen LogP) is 2.61. The fourth-order valence-corrected chi connectivity index (χ4v) is 3.23. The van der Waals surface area contributed by atoms with Gasteiger partial charge in [-0.1, -0.05) is 0 Å². The second-order valence-corrected chi connectivity index (χ2v) is 7.28. The van der Waals surface area contributed by atoms with Crippen molar-refractivity contribution in [3.8, 4) is 6.07 Å². The number of ether oxygens (including phenoxy) is 1. The first-order valence-electron chi connectivity index (χ1n) is 9.19. The van der Waals surface area contributed by atoms with E-state index < -0.39 is 36.1 Å². The zero-order valence-electron chi connectivity index (χ0n) is 16.8. The summed E-state index contributed by atoms with van der Waals surface area (Å²) in [6.07, 6.45) is -4.99. The van der Waals surface area contributed by atoms with Gasteiger partial charge in [-0.25, -0.2) is 20.2 Å². The number of aromatic nitrogens is 1. The molecule has 168 valence electrons. The highest BCUT2D eigenvalue weighted by molar-refractivity contribution is 5.73. The van der Waals surface area contributed by atoms with Crippen LogP contribution in [0.3, 0.4) is 0 Å². The first-order valence-corrected chi connectivity index (χ1v) is 9.19. The van der Waals surface area contributed by atoms with Crippen molar-refractivity contribution in [2.45, 2.75) is 31.2 Å². The van der Waals surface area contributed by atoms with Gasteiger partial charge in [0.1, 0.15) is 17.7 Å². The fraction of sp³-hybridized carbons (Fsp3) is 0.250. The number of amidine groups is 1. The first-order chi connectivity index (χ1) is 14.9. The number of nitriles is 1. The van der Waals surface area contributed by atoms with Crippen LogP contribution in [0.2, 0.25) is 0 Å². The summed E-state index contributed by atoms with van der Waals surface area (Å²) >= 11 is 0. The van der Waals surface area contributed by atoms with Crippen molar-refractivity contribution in [3.63, 3.8) is 0 Å². The molecule has 6 N–H and O–H groups in total. The zero-order valence-corrected chi connectivity index (χ0v) is 16.8. The van der Waals surface area contributed by atoms with Crippen molar-refractivity contribution < 1.29 is 22.3 Å². The number of nitrogens with zero attached hydrogens (tertiary/aromatic N) is 4. The maximum absolute atomic E-state index is 14.6. The van der Waals surface area contributed by atoms with E-state index in [1.165, 1.54) is 43.6 Å². The van der Waals surface area contributed by atoms with Gasteiger partial charge in [0.15, 0.2) is 6.10 Å². The minimum Gasteiger partial charge on any atom is -0.452 e. The quantitative estimate of drug-likeness (QED) is 0.370. The Kier molecular flexibility index (Phi) is 5.96. The molecule has 1 aromatic carbocycles. The second kappa shape index (κ2) is 8.35. The Labute approximate surface area is 180 Å². The number of hydrogen-bond donors (Lipinski definition) is 3. The summed E-state index contributed by atoms with van der Waals surface area (Å²) in [5.74, 6) is 5.42. The molecule has 1 aliphatic rings. The smallest absolute Gasteiger partial charge is 0.425 e. The second-order valence-electron chi connectivity index (χ2n) is 7.28. The van der Waals surface area contributed by atoms with Gasteiger partial charge < -0.3 is 16.2 Å². The van der Waals surface area contributed by atoms with Crippen LogP contribution in [-0.2, 0) is 10.3 Å². The molecule has 0 radical (unpaired) electrons. The number of nitrogens with two attached hydrogens (primary N) is 3. The Morgan fingerprint density at radius 3 is 2.66 bits per heavy atom. The van der Waals surface area contributed by atoms with Gasteiger partial charge in [-0.2, -0.15) is 18.4 Å². The predicted molar refractivity (Wildman–Crippen MR) is 109 cm³/mol. The molecule has 0 bridgehead atoms. The molecule has 12 heteroatoms. The molecule has 32 heavy (non-hydrogen) atoms. The molecule has 0 unspecified atom stereocenters. The summed E-state index contributed by atoms with van der Waals surface area (Å²) in [4.78, 5) is 7.95. The summed E-state index contributed by atoms with van der Waals surface area (Å²) in [6, 6.07) is 7.95. The summed E-state index contributed by atoms with van der Waals surface area (Å²) in [5, 5.41) is 9.92. The third-order valence-corrected chi connectivity index (χ3v) is 4.87. The molecule has 1 aromatic heterocycles. The number of rotatable bonds is 4. The lowest BCUT2D eigenvalue weighted by Crippen LogP contribution is -2.46. The maximum atomic E-state index is 14.6. The van der Waals surface area contributed by atoms with Gasteiger partial charge in [-0.05, 0) is 42.8 Å². The lowest BCUT2D eigenvalue weighted by molar-refractivity contribution is -0.208. The Balaban J connectivity index is 1.95. The van der Waals surface area contributed by atoms with Crippen LogP contribution in [0.15, 0.2) is 47.7 Å². The van der Waals surface area contributed by atoms with Gasteiger partial charge in [0.2, 0.25) is 0 Å². The molecule has 0 amide bonds.